The van der Waals surface area contributed by atoms with Gasteiger partial charge in [-0.25, -0.2) is 9.97 Å². The molecule has 5 heteroatoms. The normalized spacial score (nSPS) is 11.1. The van der Waals surface area contributed by atoms with Crippen molar-refractivity contribution in [1.29, 1.82) is 0 Å². The predicted molar refractivity (Wildman–Crippen MR) is 81.3 cm³/mol. The van der Waals surface area contributed by atoms with Crippen LogP contribution in [0, 0.1) is 6.92 Å². The lowest BCUT2D eigenvalue weighted by atomic mass is 10.0. The molecule has 1 heterocycles. The molecule has 2 nitrogen and oxygen atoms in total. The highest BCUT2D eigenvalue weighted by Crippen LogP contribution is 2.32. The number of rotatable bonds is 2. The molecule has 2 rings (SSSR count). The Hall–Kier alpha value is -0.830. The summed E-state index contributed by atoms with van der Waals surface area (Å²) < 4.78 is 0. The number of hydrogen-bond donors (Lipinski definition) is 0. The summed E-state index contributed by atoms with van der Waals surface area (Å²) in [5, 5.41) is 1.57. The van der Waals surface area contributed by atoms with E-state index in [0.717, 1.165) is 16.8 Å². The van der Waals surface area contributed by atoms with Crippen molar-refractivity contribution in [2.24, 2.45) is 0 Å². The molecule has 100 valence electrons. The Morgan fingerprint density at radius 1 is 1.05 bits per heavy atom. The molecule has 0 spiro atoms. The largest absolute Gasteiger partial charge is 0.233 e. The Morgan fingerprint density at radius 2 is 1.74 bits per heavy atom. The Bertz CT molecular complexity index is 601. The van der Waals surface area contributed by atoms with Gasteiger partial charge in [-0.1, -0.05) is 48.7 Å². The molecule has 0 saturated heterocycles. The number of halogens is 3. The van der Waals surface area contributed by atoms with Gasteiger partial charge in [-0.15, -0.1) is 0 Å². The lowest BCUT2D eigenvalue weighted by molar-refractivity contribution is 0.831. The van der Waals surface area contributed by atoms with Crippen molar-refractivity contribution in [3.63, 3.8) is 0 Å². The first-order valence-electron chi connectivity index (χ1n) is 5.89. The van der Waals surface area contributed by atoms with Gasteiger partial charge < -0.3 is 0 Å². The fraction of sp³-hybridized carbons (Fsp3) is 0.286. The van der Waals surface area contributed by atoms with Crippen molar-refractivity contribution in [2.75, 3.05) is 0 Å². The molecule has 2 aromatic rings. The third-order valence-corrected chi connectivity index (χ3v) is 3.68. The Morgan fingerprint density at radius 3 is 2.26 bits per heavy atom. The zero-order chi connectivity index (χ0) is 14.2. The molecule has 0 aliphatic rings. The van der Waals surface area contributed by atoms with Crippen LogP contribution in [0.1, 0.15) is 31.0 Å². The van der Waals surface area contributed by atoms with E-state index in [9.17, 15) is 0 Å². The standard InChI is InChI=1S/C14H13Cl3N2/c1-7(2)12-8(3)18-14(19-13(12)17)10-5-4-9(15)6-11(10)16/h4-7H,1-3H3. The van der Waals surface area contributed by atoms with Crippen LogP contribution in [0.3, 0.4) is 0 Å². The molecule has 0 amide bonds. The van der Waals surface area contributed by atoms with E-state index in [4.69, 9.17) is 34.8 Å². The van der Waals surface area contributed by atoms with E-state index in [1.54, 1.807) is 18.2 Å². The van der Waals surface area contributed by atoms with Gasteiger partial charge in [0, 0.05) is 21.8 Å². The van der Waals surface area contributed by atoms with Crippen molar-refractivity contribution in [2.45, 2.75) is 26.7 Å². The summed E-state index contributed by atoms with van der Waals surface area (Å²) in [5.41, 5.74) is 2.57. The third-order valence-electron chi connectivity index (χ3n) is 2.84. The van der Waals surface area contributed by atoms with Gasteiger partial charge in [0.25, 0.3) is 0 Å². The second-order valence-corrected chi connectivity index (χ2v) is 5.82. The molecule has 1 aromatic heterocycles. The number of benzene rings is 1. The van der Waals surface area contributed by atoms with Crippen LogP contribution in [0.2, 0.25) is 15.2 Å². The molecule has 0 bridgehead atoms. The van der Waals surface area contributed by atoms with Crippen LogP contribution in [-0.2, 0) is 0 Å². The summed E-state index contributed by atoms with van der Waals surface area (Å²) in [7, 11) is 0. The van der Waals surface area contributed by atoms with Crippen molar-refractivity contribution in [1.82, 2.24) is 9.97 Å². The van der Waals surface area contributed by atoms with Gasteiger partial charge in [0.05, 0.1) is 5.02 Å². The van der Waals surface area contributed by atoms with Crippen molar-refractivity contribution >= 4 is 34.8 Å². The van der Waals surface area contributed by atoms with Gasteiger partial charge in [0.2, 0.25) is 0 Å². The van der Waals surface area contributed by atoms with Crippen LogP contribution >= 0.6 is 34.8 Å². The second-order valence-electron chi connectivity index (χ2n) is 4.62. The Labute approximate surface area is 127 Å². The molecular weight excluding hydrogens is 303 g/mol. The van der Waals surface area contributed by atoms with E-state index in [-0.39, 0.29) is 5.92 Å². The van der Waals surface area contributed by atoms with E-state index >= 15 is 0 Å². The minimum absolute atomic E-state index is 0.280. The summed E-state index contributed by atoms with van der Waals surface area (Å²) in [6.45, 7) is 6.05. The van der Waals surface area contributed by atoms with E-state index in [1.807, 2.05) is 6.92 Å². The molecule has 0 aliphatic carbocycles. The van der Waals surface area contributed by atoms with Gasteiger partial charge in [-0.3, -0.25) is 0 Å². The average molecular weight is 316 g/mol. The molecule has 0 atom stereocenters. The smallest absolute Gasteiger partial charge is 0.162 e. The van der Waals surface area contributed by atoms with Crippen molar-refractivity contribution in [3.05, 3.63) is 44.7 Å². The Kier molecular flexibility index (Phi) is 4.34. The first kappa shape index (κ1) is 14.6. The monoisotopic (exact) mass is 314 g/mol. The maximum atomic E-state index is 6.24. The van der Waals surface area contributed by atoms with Crippen LogP contribution in [-0.4, -0.2) is 9.97 Å². The third kappa shape index (κ3) is 3.02. The van der Waals surface area contributed by atoms with Crippen molar-refractivity contribution < 1.29 is 0 Å². The molecule has 0 N–H and O–H groups in total. The van der Waals surface area contributed by atoms with Gasteiger partial charge in [0.1, 0.15) is 5.15 Å². The second kappa shape index (κ2) is 5.66. The number of aryl methyl sites for hydroxylation is 1. The highest BCUT2D eigenvalue weighted by atomic mass is 35.5. The quantitative estimate of drug-likeness (QED) is 0.680. The van der Waals surface area contributed by atoms with E-state index in [2.05, 4.69) is 23.8 Å². The van der Waals surface area contributed by atoms with Gasteiger partial charge in [0.15, 0.2) is 5.82 Å². The van der Waals surface area contributed by atoms with Gasteiger partial charge >= 0.3 is 0 Å². The summed E-state index contributed by atoms with van der Waals surface area (Å²) in [6, 6.07) is 5.22. The fourth-order valence-electron chi connectivity index (χ4n) is 1.99. The lowest BCUT2D eigenvalue weighted by Gasteiger charge is -2.13. The maximum absolute atomic E-state index is 6.24. The van der Waals surface area contributed by atoms with Gasteiger partial charge in [-0.2, -0.15) is 0 Å². The highest BCUT2D eigenvalue weighted by Gasteiger charge is 2.15. The molecule has 0 unspecified atom stereocenters. The average Bonchev–Trinajstić information content (AvgIpc) is 2.26. The molecule has 19 heavy (non-hydrogen) atoms. The zero-order valence-corrected chi connectivity index (χ0v) is 13.1. The number of nitrogens with zero attached hydrogens (tertiary/aromatic N) is 2. The zero-order valence-electron chi connectivity index (χ0n) is 10.8. The molecule has 0 aliphatic heterocycles. The molecule has 0 saturated carbocycles. The minimum atomic E-state index is 0.280. The number of hydrogen-bond acceptors (Lipinski definition) is 2. The molecule has 0 fully saturated rings. The van der Waals surface area contributed by atoms with Crippen LogP contribution in [0.4, 0.5) is 0 Å². The summed E-state index contributed by atoms with van der Waals surface area (Å²) in [6.07, 6.45) is 0. The lowest BCUT2D eigenvalue weighted by Crippen LogP contribution is -2.02. The topological polar surface area (TPSA) is 25.8 Å². The van der Waals surface area contributed by atoms with Crippen LogP contribution in [0.15, 0.2) is 18.2 Å². The molecule has 1 aromatic carbocycles. The number of aromatic nitrogens is 2. The predicted octanol–water partition coefficient (Wildman–Crippen LogP) is 5.54. The fourth-order valence-corrected chi connectivity index (χ4v) is 2.92. The van der Waals surface area contributed by atoms with E-state index < -0.39 is 0 Å². The maximum Gasteiger partial charge on any atom is 0.162 e. The molecular formula is C14H13Cl3N2. The van der Waals surface area contributed by atoms with E-state index in [1.165, 1.54) is 0 Å². The Balaban J connectivity index is 2.58. The van der Waals surface area contributed by atoms with Gasteiger partial charge in [-0.05, 0) is 31.0 Å². The first-order chi connectivity index (χ1) is 8.90. The van der Waals surface area contributed by atoms with Crippen LogP contribution in [0.25, 0.3) is 11.4 Å². The molecule has 0 radical (unpaired) electrons. The first-order valence-corrected chi connectivity index (χ1v) is 7.03. The van der Waals surface area contributed by atoms with E-state index in [0.29, 0.717) is 21.0 Å². The highest BCUT2D eigenvalue weighted by molar-refractivity contribution is 6.36. The van der Waals surface area contributed by atoms with Crippen LogP contribution < -0.4 is 0 Å². The SMILES string of the molecule is Cc1nc(-c2ccc(Cl)cc2Cl)nc(Cl)c1C(C)C. The van der Waals surface area contributed by atoms with Crippen LogP contribution in [0.5, 0.6) is 0 Å². The minimum Gasteiger partial charge on any atom is -0.233 e. The summed E-state index contributed by atoms with van der Waals surface area (Å²) in [5.74, 6) is 0.802. The summed E-state index contributed by atoms with van der Waals surface area (Å²) in [4.78, 5) is 8.84. The summed E-state index contributed by atoms with van der Waals surface area (Å²) >= 11 is 18.3. The van der Waals surface area contributed by atoms with Crippen molar-refractivity contribution in [3.8, 4) is 11.4 Å².